The van der Waals surface area contributed by atoms with Gasteiger partial charge in [0.2, 0.25) is 11.8 Å². The first-order valence-electron chi connectivity index (χ1n) is 6.98. The molecule has 5 nitrogen and oxygen atoms in total. The number of hydrogen-bond donors (Lipinski definition) is 1. The first-order chi connectivity index (χ1) is 10.2. The molecule has 108 valence electrons. The molecule has 2 N–H and O–H groups in total. The summed E-state index contributed by atoms with van der Waals surface area (Å²) in [4.78, 5) is 8.91. The fourth-order valence-corrected chi connectivity index (χ4v) is 2.64. The van der Waals surface area contributed by atoms with Crippen LogP contribution in [0.15, 0.2) is 42.5 Å². The largest absolute Gasteiger partial charge is 0.481 e. The summed E-state index contributed by atoms with van der Waals surface area (Å²) in [6.45, 7) is 2.13. The minimum Gasteiger partial charge on any atom is -0.481 e. The third kappa shape index (κ3) is 2.31. The number of pyridine rings is 1. The summed E-state index contributed by atoms with van der Waals surface area (Å²) in [6, 6.07) is 14.0. The van der Waals surface area contributed by atoms with Crippen LogP contribution in [0.1, 0.15) is 24.9 Å². The Morgan fingerprint density at radius 1 is 1.14 bits per heavy atom. The Labute approximate surface area is 123 Å². The van der Waals surface area contributed by atoms with Gasteiger partial charge < -0.3 is 10.5 Å². The van der Waals surface area contributed by atoms with Gasteiger partial charge in [0.1, 0.15) is 5.52 Å². The van der Waals surface area contributed by atoms with Gasteiger partial charge in [0.25, 0.3) is 0 Å². The molecule has 0 aliphatic carbocycles. The van der Waals surface area contributed by atoms with Crippen LogP contribution in [0.2, 0.25) is 0 Å². The Morgan fingerprint density at radius 2 is 1.90 bits per heavy atom. The van der Waals surface area contributed by atoms with Crippen LogP contribution in [0.3, 0.4) is 0 Å². The number of benzene rings is 1. The van der Waals surface area contributed by atoms with E-state index in [0.717, 1.165) is 17.6 Å². The predicted octanol–water partition coefficient (Wildman–Crippen LogP) is 3.02. The second-order valence-corrected chi connectivity index (χ2v) is 4.87. The summed E-state index contributed by atoms with van der Waals surface area (Å²) < 4.78 is 7.19. The molecule has 2 heterocycles. The second kappa shape index (κ2) is 5.44. The van der Waals surface area contributed by atoms with E-state index in [2.05, 4.69) is 29.0 Å². The SMILES string of the molecule is CCC(c1ccccc1)n1c(N)nc2ccc(OC)nc21. The average Bonchev–Trinajstić information content (AvgIpc) is 2.85. The normalized spacial score (nSPS) is 12.5. The third-order valence-electron chi connectivity index (χ3n) is 3.63. The van der Waals surface area contributed by atoms with Crippen LogP contribution in [0.4, 0.5) is 5.95 Å². The summed E-state index contributed by atoms with van der Waals surface area (Å²) in [5, 5.41) is 0. The van der Waals surface area contributed by atoms with E-state index >= 15 is 0 Å². The molecule has 1 atom stereocenters. The van der Waals surface area contributed by atoms with Crippen molar-refractivity contribution in [1.82, 2.24) is 14.5 Å². The Hall–Kier alpha value is -2.56. The topological polar surface area (TPSA) is 66.0 Å². The number of nitrogens with two attached hydrogens (primary N) is 1. The average molecular weight is 282 g/mol. The molecule has 0 spiro atoms. The number of nitrogens with zero attached hydrogens (tertiary/aromatic N) is 3. The lowest BCUT2D eigenvalue weighted by molar-refractivity contribution is 0.398. The summed E-state index contributed by atoms with van der Waals surface area (Å²) in [5.74, 6) is 1.04. The molecule has 0 aliphatic rings. The quantitative estimate of drug-likeness (QED) is 0.798. The molecule has 21 heavy (non-hydrogen) atoms. The van der Waals surface area contributed by atoms with Gasteiger partial charge in [-0.1, -0.05) is 37.3 Å². The standard InChI is InChI=1S/C16H18N4O/c1-3-13(11-7-5-4-6-8-11)20-15-12(18-16(20)17)9-10-14(19-15)21-2/h4-10,13H,3H2,1-2H3,(H2,17,18). The van der Waals surface area contributed by atoms with E-state index < -0.39 is 0 Å². The van der Waals surface area contributed by atoms with E-state index in [9.17, 15) is 0 Å². The number of methoxy groups -OCH3 is 1. The third-order valence-corrected chi connectivity index (χ3v) is 3.63. The molecule has 0 fully saturated rings. The van der Waals surface area contributed by atoms with Crippen molar-refractivity contribution in [1.29, 1.82) is 0 Å². The van der Waals surface area contributed by atoms with E-state index in [1.165, 1.54) is 5.56 Å². The molecule has 1 unspecified atom stereocenters. The summed E-state index contributed by atoms with van der Waals surface area (Å²) in [6.07, 6.45) is 0.901. The molecule has 0 bridgehead atoms. The van der Waals surface area contributed by atoms with Crippen molar-refractivity contribution in [2.24, 2.45) is 0 Å². The van der Waals surface area contributed by atoms with E-state index in [1.54, 1.807) is 13.2 Å². The molecule has 2 aromatic heterocycles. The summed E-state index contributed by atoms with van der Waals surface area (Å²) in [7, 11) is 1.60. The Balaban J connectivity index is 2.20. The number of ether oxygens (including phenoxy) is 1. The molecule has 3 aromatic rings. The molecular weight excluding hydrogens is 264 g/mol. The van der Waals surface area contributed by atoms with Crippen LogP contribution in [0.25, 0.3) is 11.2 Å². The zero-order valence-electron chi connectivity index (χ0n) is 12.2. The highest BCUT2D eigenvalue weighted by Gasteiger charge is 2.19. The predicted molar refractivity (Wildman–Crippen MR) is 83.4 cm³/mol. The van der Waals surface area contributed by atoms with E-state index in [4.69, 9.17) is 10.5 Å². The highest BCUT2D eigenvalue weighted by atomic mass is 16.5. The van der Waals surface area contributed by atoms with Crippen LogP contribution >= 0.6 is 0 Å². The number of nitrogen functional groups attached to an aromatic ring is 1. The van der Waals surface area contributed by atoms with Crippen LogP contribution in [-0.2, 0) is 0 Å². The van der Waals surface area contributed by atoms with Gasteiger partial charge in [-0.3, -0.25) is 4.57 Å². The highest BCUT2D eigenvalue weighted by Crippen LogP contribution is 2.29. The molecule has 0 amide bonds. The van der Waals surface area contributed by atoms with Crippen molar-refractivity contribution >= 4 is 17.1 Å². The first-order valence-corrected chi connectivity index (χ1v) is 6.98. The van der Waals surface area contributed by atoms with Crippen molar-refractivity contribution in [2.45, 2.75) is 19.4 Å². The Kier molecular flexibility index (Phi) is 3.48. The first kappa shape index (κ1) is 13.4. The molecular formula is C16H18N4O. The highest BCUT2D eigenvalue weighted by molar-refractivity contribution is 5.75. The summed E-state index contributed by atoms with van der Waals surface area (Å²) in [5.41, 5.74) is 8.85. The van der Waals surface area contributed by atoms with Gasteiger partial charge in [0, 0.05) is 6.07 Å². The van der Waals surface area contributed by atoms with E-state index in [0.29, 0.717) is 11.8 Å². The minimum absolute atomic E-state index is 0.107. The van der Waals surface area contributed by atoms with Gasteiger partial charge >= 0.3 is 0 Å². The van der Waals surface area contributed by atoms with E-state index in [1.807, 2.05) is 28.8 Å². The number of rotatable bonds is 4. The second-order valence-electron chi connectivity index (χ2n) is 4.87. The molecule has 0 radical (unpaired) electrons. The zero-order chi connectivity index (χ0) is 14.8. The van der Waals surface area contributed by atoms with Gasteiger partial charge in [-0.05, 0) is 18.1 Å². The lowest BCUT2D eigenvalue weighted by Gasteiger charge is -2.19. The Bertz CT molecular complexity index is 752. The van der Waals surface area contributed by atoms with E-state index in [-0.39, 0.29) is 6.04 Å². The monoisotopic (exact) mass is 282 g/mol. The van der Waals surface area contributed by atoms with Crippen molar-refractivity contribution in [3.63, 3.8) is 0 Å². The number of aromatic nitrogens is 3. The van der Waals surface area contributed by atoms with Crippen molar-refractivity contribution in [2.75, 3.05) is 12.8 Å². The van der Waals surface area contributed by atoms with Crippen LogP contribution in [-0.4, -0.2) is 21.6 Å². The van der Waals surface area contributed by atoms with Crippen molar-refractivity contribution < 1.29 is 4.74 Å². The number of anilines is 1. The maximum absolute atomic E-state index is 6.13. The summed E-state index contributed by atoms with van der Waals surface area (Å²) >= 11 is 0. The maximum atomic E-state index is 6.13. The van der Waals surface area contributed by atoms with Crippen LogP contribution in [0, 0.1) is 0 Å². The van der Waals surface area contributed by atoms with Crippen LogP contribution < -0.4 is 10.5 Å². The van der Waals surface area contributed by atoms with Crippen LogP contribution in [0.5, 0.6) is 5.88 Å². The van der Waals surface area contributed by atoms with Gasteiger partial charge in [-0.25, -0.2) is 4.98 Å². The minimum atomic E-state index is 0.107. The number of fused-ring (bicyclic) bond motifs is 1. The van der Waals surface area contributed by atoms with Gasteiger partial charge in [0.15, 0.2) is 5.65 Å². The zero-order valence-corrected chi connectivity index (χ0v) is 12.2. The molecule has 5 heteroatoms. The van der Waals surface area contributed by atoms with Gasteiger partial charge in [0.05, 0.1) is 13.2 Å². The van der Waals surface area contributed by atoms with Gasteiger partial charge in [-0.15, -0.1) is 0 Å². The smallest absolute Gasteiger partial charge is 0.215 e. The Morgan fingerprint density at radius 3 is 2.57 bits per heavy atom. The molecule has 0 saturated heterocycles. The lowest BCUT2D eigenvalue weighted by Crippen LogP contribution is -2.13. The molecule has 0 aliphatic heterocycles. The lowest BCUT2D eigenvalue weighted by atomic mass is 10.0. The number of imidazole rings is 1. The maximum Gasteiger partial charge on any atom is 0.215 e. The molecule has 3 rings (SSSR count). The van der Waals surface area contributed by atoms with Crippen molar-refractivity contribution in [3.8, 4) is 5.88 Å². The molecule has 1 aromatic carbocycles. The van der Waals surface area contributed by atoms with Gasteiger partial charge in [-0.2, -0.15) is 4.98 Å². The fourth-order valence-electron chi connectivity index (χ4n) is 2.64. The number of hydrogen-bond acceptors (Lipinski definition) is 4. The molecule has 0 saturated carbocycles. The van der Waals surface area contributed by atoms with Crippen molar-refractivity contribution in [3.05, 3.63) is 48.0 Å². The fraction of sp³-hybridized carbons (Fsp3) is 0.250.